The average molecular weight is 303 g/mol. The molecule has 0 amide bonds. The molecule has 0 aliphatic rings. The summed E-state index contributed by atoms with van der Waals surface area (Å²) in [5.74, 6) is -2.44. The van der Waals surface area contributed by atoms with Crippen LogP contribution in [0.5, 0.6) is 11.5 Å². The quantitative estimate of drug-likeness (QED) is 0.576. The van der Waals surface area contributed by atoms with Crippen molar-refractivity contribution in [2.75, 3.05) is 0 Å². The zero-order valence-electron chi connectivity index (χ0n) is 11.3. The van der Waals surface area contributed by atoms with Crippen molar-refractivity contribution < 1.29 is 25.0 Å². The topological polar surface area (TPSA) is 121 Å². The van der Waals surface area contributed by atoms with Gasteiger partial charge >= 0.3 is 11.7 Å². The third kappa shape index (κ3) is 3.32. The maximum absolute atomic E-state index is 11.4. The fraction of sp³-hybridized carbons (Fsp3) is 0.133. The SMILES string of the molecule is O=C(O)C(Cc1ccc(O)c([N+](=O)[O-])c1)c1ccc(O)cc1. The Morgan fingerprint density at radius 2 is 1.77 bits per heavy atom. The van der Waals surface area contributed by atoms with Crippen molar-refractivity contribution >= 4 is 11.7 Å². The molecule has 2 aromatic carbocycles. The van der Waals surface area contributed by atoms with Gasteiger partial charge in [-0.1, -0.05) is 18.2 Å². The van der Waals surface area contributed by atoms with Gasteiger partial charge in [-0.05, 0) is 35.7 Å². The first-order valence-electron chi connectivity index (χ1n) is 6.36. The number of hydrogen-bond acceptors (Lipinski definition) is 5. The predicted molar refractivity (Wildman–Crippen MR) is 76.9 cm³/mol. The van der Waals surface area contributed by atoms with Gasteiger partial charge in [-0.25, -0.2) is 0 Å². The number of aromatic hydroxyl groups is 2. The lowest BCUT2D eigenvalue weighted by atomic mass is 9.92. The number of rotatable bonds is 5. The Bertz CT molecular complexity index is 710. The highest BCUT2D eigenvalue weighted by molar-refractivity contribution is 5.76. The molecule has 0 aliphatic heterocycles. The smallest absolute Gasteiger partial charge is 0.311 e. The van der Waals surface area contributed by atoms with Crippen LogP contribution < -0.4 is 0 Å². The standard InChI is InChI=1S/C15H13NO6/c17-11-4-2-10(3-5-11)12(15(19)20)7-9-1-6-14(18)13(8-9)16(21)22/h1-6,8,12,17-18H,7H2,(H,19,20). The number of nitro groups is 1. The molecule has 114 valence electrons. The van der Waals surface area contributed by atoms with E-state index in [1.807, 2.05) is 0 Å². The molecule has 1 atom stereocenters. The maximum Gasteiger partial charge on any atom is 0.311 e. The second-order valence-electron chi connectivity index (χ2n) is 4.77. The summed E-state index contributed by atoms with van der Waals surface area (Å²) < 4.78 is 0. The van der Waals surface area contributed by atoms with Crippen LogP contribution in [0, 0.1) is 10.1 Å². The summed E-state index contributed by atoms with van der Waals surface area (Å²) in [4.78, 5) is 21.5. The third-order valence-electron chi connectivity index (χ3n) is 3.27. The summed E-state index contributed by atoms with van der Waals surface area (Å²) in [5.41, 5.74) is 0.429. The van der Waals surface area contributed by atoms with E-state index in [1.165, 1.54) is 36.4 Å². The van der Waals surface area contributed by atoms with Crippen molar-refractivity contribution in [1.29, 1.82) is 0 Å². The zero-order valence-corrected chi connectivity index (χ0v) is 11.3. The predicted octanol–water partition coefficient (Wildman–Crippen LogP) is 2.42. The second kappa shape index (κ2) is 6.13. The van der Waals surface area contributed by atoms with Crippen molar-refractivity contribution in [2.24, 2.45) is 0 Å². The van der Waals surface area contributed by atoms with E-state index < -0.39 is 28.2 Å². The number of hydrogen-bond donors (Lipinski definition) is 3. The fourth-order valence-corrected chi connectivity index (χ4v) is 2.13. The van der Waals surface area contributed by atoms with E-state index >= 15 is 0 Å². The zero-order chi connectivity index (χ0) is 16.3. The third-order valence-corrected chi connectivity index (χ3v) is 3.27. The first kappa shape index (κ1) is 15.3. The molecule has 0 aliphatic carbocycles. The lowest BCUT2D eigenvalue weighted by molar-refractivity contribution is -0.385. The molecule has 0 saturated heterocycles. The summed E-state index contributed by atoms with van der Waals surface area (Å²) in [5, 5.41) is 38.8. The lowest BCUT2D eigenvalue weighted by Gasteiger charge is -2.13. The number of benzene rings is 2. The van der Waals surface area contributed by atoms with Crippen LogP contribution in [0.25, 0.3) is 0 Å². The largest absolute Gasteiger partial charge is 0.508 e. The molecular weight excluding hydrogens is 290 g/mol. The van der Waals surface area contributed by atoms with E-state index in [1.54, 1.807) is 0 Å². The Balaban J connectivity index is 2.32. The van der Waals surface area contributed by atoms with Gasteiger partial charge in [0, 0.05) is 6.07 Å². The maximum atomic E-state index is 11.4. The molecule has 0 spiro atoms. The summed E-state index contributed by atoms with van der Waals surface area (Å²) >= 11 is 0. The number of carboxylic acid groups (broad SMARTS) is 1. The molecule has 0 bridgehead atoms. The number of carboxylic acids is 1. The molecule has 0 radical (unpaired) electrons. The Morgan fingerprint density at radius 1 is 1.14 bits per heavy atom. The number of carbonyl (C=O) groups is 1. The highest BCUT2D eigenvalue weighted by atomic mass is 16.6. The van der Waals surface area contributed by atoms with Crippen LogP contribution in [-0.4, -0.2) is 26.2 Å². The van der Waals surface area contributed by atoms with E-state index in [0.717, 1.165) is 6.07 Å². The number of phenols is 2. The Morgan fingerprint density at radius 3 is 2.32 bits per heavy atom. The molecule has 2 aromatic rings. The van der Waals surface area contributed by atoms with E-state index in [4.69, 9.17) is 0 Å². The number of nitro benzene ring substituents is 1. The summed E-state index contributed by atoms with van der Waals surface area (Å²) in [6.45, 7) is 0. The van der Waals surface area contributed by atoms with E-state index in [0.29, 0.717) is 11.1 Å². The van der Waals surface area contributed by atoms with Crippen molar-refractivity contribution in [3.8, 4) is 11.5 Å². The molecule has 0 fully saturated rings. The molecule has 0 saturated carbocycles. The van der Waals surface area contributed by atoms with Gasteiger partial charge in [0.25, 0.3) is 0 Å². The Labute approximate surface area is 125 Å². The Kier molecular flexibility index (Phi) is 4.26. The van der Waals surface area contributed by atoms with Crippen molar-refractivity contribution in [3.63, 3.8) is 0 Å². The van der Waals surface area contributed by atoms with Crippen molar-refractivity contribution in [1.82, 2.24) is 0 Å². The van der Waals surface area contributed by atoms with Gasteiger partial charge in [-0.15, -0.1) is 0 Å². The van der Waals surface area contributed by atoms with Gasteiger partial charge in [-0.2, -0.15) is 0 Å². The van der Waals surface area contributed by atoms with Crippen LogP contribution in [0.2, 0.25) is 0 Å². The van der Waals surface area contributed by atoms with E-state index in [2.05, 4.69) is 0 Å². The van der Waals surface area contributed by atoms with Gasteiger partial charge < -0.3 is 15.3 Å². The van der Waals surface area contributed by atoms with Crippen molar-refractivity contribution in [2.45, 2.75) is 12.3 Å². The number of phenolic OH excluding ortho intramolecular Hbond substituents is 2. The molecule has 0 heterocycles. The molecule has 7 heteroatoms. The number of aliphatic carboxylic acids is 1. The Hall–Kier alpha value is -3.09. The van der Waals surface area contributed by atoms with Crippen LogP contribution in [0.3, 0.4) is 0 Å². The monoisotopic (exact) mass is 303 g/mol. The molecule has 2 rings (SSSR count). The van der Waals surface area contributed by atoms with Crippen LogP contribution in [0.4, 0.5) is 5.69 Å². The van der Waals surface area contributed by atoms with Crippen LogP contribution >= 0.6 is 0 Å². The van der Waals surface area contributed by atoms with Crippen LogP contribution in [0.1, 0.15) is 17.0 Å². The van der Waals surface area contributed by atoms with Gasteiger partial charge in [0.05, 0.1) is 10.8 Å². The highest BCUT2D eigenvalue weighted by Gasteiger charge is 2.22. The normalized spacial score (nSPS) is 11.8. The summed E-state index contributed by atoms with van der Waals surface area (Å²) in [7, 11) is 0. The fourth-order valence-electron chi connectivity index (χ4n) is 2.13. The second-order valence-corrected chi connectivity index (χ2v) is 4.77. The van der Waals surface area contributed by atoms with E-state index in [9.17, 15) is 30.2 Å². The van der Waals surface area contributed by atoms with Gasteiger partial charge in [-0.3, -0.25) is 14.9 Å². The first-order chi connectivity index (χ1) is 10.4. The first-order valence-corrected chi connectivity index (χ1v) is 6.36. The minimum atomic E-state index is -1.08. The highest BCUT2D eigenvalue weighted by Crippen LogP contribution is 2.29. The summed E-state index contributed by atoms with van der Waals surface area (Å²) in [6, 6.07) is 9.51. The van der Waals surface area contributed by atoms with E-state index in [-0.39, 0.29) is 12.2 Å². The van der Waals surface area contributed by atoms with Gasteiger partial charge in [0.15, 0.2) is 5.75 Å². The van der Waals surface area contributed by atoms with Gasteiger partial charge in [0.2, 0.25) is 0 Å². The minimum Gasteiger partial charge on any atom is -0.508 e. The molecule has 0 aromatic heterocycles. The molecule has 1 unspecified atom stereocenters. The van der Waals surface area contributed by atoms with Crippen LogP contribution in [-0.2, 0) is 11.2 Å². The van der Waals surface area contributed by atoms with Crippen molar-refractivity contribution in [3.05, 3.63) is 63.7 Å². The molecular formula is C15H13NO6. The van der Waals surface area contributed by atoms with Gasteiger partial charge in [0.1, 0.15) is 5.75 Å². The molecule has 22 heavy (non-hydrogen) atoms. The average Bonchev–Trinajstić information content (AvgIpc) is 2.47. The number of nitrogens with zero attached hydrogens (tertiary/aromatic N) is 1. The summed E-state index contributed by atoms with van der Waals surface area (Å²) in [6.07, 6.45) is 0.0290. The lowest BCUT2D eigenvalue weighted by Crippen LogP contribution is -2.14. The molecule has 7 nitrogen and oxygen atoms in total. The molecule has 3 N–H and O–H groups in total. The minimum absolute atomic E-state index is 0.0214. The van der Waals surface area contributed by atoms with Crippen LogP contribution in [0.15, 0.2) is 42.5 Å².